The predicted octanol–water partition coefficient (Wildman–Crippen LogP) is 4.88. The van der Waals surface area contributed by atoms with Crippen LogP contribution in [0.25, 0.3) is 0 Å². The molecule has 126 valence electrons. The van der Waals surface area contributed by atoms with E-state index in [1.165, 1.54) is 38.9 Å². The molecule has 2 unspecified atom stereocenters. The summed E-state index contributed by atoms with van der Waals surface area (Å²) in [4.78, 5) is 12.8. The molecule has 0 amide bonds. The van der Waals surface area contributed by atoms with Gasteiger partial charge in [-0.05, 0) is 74.9 Å². The van der Waals surface area contributed by atoms with Crippen molar-refractivity contribution in [2.75, 3.05) is 0 Å². The number of aryl methyl sites for hydroxylation is 6. The van der Waals surface area contributed by atoms with Gasteiger partial charge in [-0.15, -0.1) is 0 Å². The van der Waals surface area contributed by atoms with Crippen molar-refractivity contribution >= 4 is 5.78 Å². The third-order valence-electron chi connectivity index (χ3n) is 5.21. The lowest BCUT2D eigenvalue weighted by atomic mass is 9.92. The Kier molecular flexibility index (Phi) is 4.35. The number of hydrogen-bond acceptors (Lipinski definition) is 2. The quantitative estimate of drug-likeness (QED) is 0.854. The molecular weight excluding hydrogens is 294 g/mol. The third kappa shape index (κ3) is 2.91. The minimum Gasteiger partial charge on any atom is -0.297 e. The Bertz CT molecular complexity index is 773. The fourth-order valence-corrected chi connectivity index (χ4v) is 4.49. The summed E-state index contributed by atoms with van der Waals surface area (Å²) in [5.41, 5.74) is 9.94. The lowest BCUT2D eigenvalue weighted by Crippen LogP contribution is -2.23. The number of nitrogens with one attached hydrogen (secondary N) is 1. The first kappa shape index (κ1) is 16.9. The molecular formula is C22H27NO. The summed E-state index contributed by atoms with van der Waals surface area (Å²) < 4.78 is 0. The molecule has 0 aromatic heterocycles. The van der Waals surface area contributed by atoms with Crippen LogP contribution in [-0.4, -0.2) is 5.78 Å². The van der Waals surface area contributed by atoms with Crippen LogP contribution in [0.1, 0.15) is 63.0 Å². The van der Waals surface area contributed by atoms with E-state index in [0.717, 1.165) is 5.56 Å². The Morgan fingerprint density at radius 2 is 1.17 bits per heavy atom. The van der Waals surface area contributed by atoms with Crippen LogP contribution in [0.3, 0.4) is 0 Å². The van der Waals surface area contributed by atoms with Gasteiger partial charge in [0.15, 0.2) is 5.78 Å². The van der Waals surface area contributed by atoms with Gasteiger partial charge >= 0.3 is 0 Å². The summed E-state index contributed by atoms with van der Waals surface area (Å²) in [5, 5.41) is 3.63. The average molecular weight is 321 g/mol. The Balaban J connectivity index is 1.98. The maximum atomic E-state index is 12.8. The van der Waals surface area contributed by atoms with Gasteiger partial charge in [0.2, 0.25) is 0 Å². The second-order valence-corrected chi connectivity index (χ2v) is 7.45. The molecule has 2 aromatic rings. The zero-order chi connectivity index (χ0) is 17.6. The lowest BCUT2D eigenvalue weighted by Gasteiger charge is -2.21. The first-order chi connectivity index (χ1) is 11.3. The smallest absolute Gasteiger partial charge is 0.156 e. The van der Waals surface area contributed by atoms with Crippen LogP contribution in [0.15, 0.2) is 24.3 Å². The Hall–Kier alpha value is -1.93. The van der Waals surface area contributed by atoms with E-state index in [0.29, 0.717) is 12.2 Å². The molecule has 2 heteroatoms. The Morgan fingerprint density at radius 3 is 1.62 bits per heavy atom. The number of carbonyl (C=O) groups is 1. The second-order valence-electron chi connectivity index (χ2n) is 7.45. The first-order valence-corrected chi connectivity index (χ1v) is 8.72. The Labute approximate surface area is 145 Å². The number of rotatable bonds is 2. The fourth-order valence-electron chi connectivity index (χ4n) is 4.49. The zero-order valence-electron chi connectivity index (χ0n) is 15.6. The molecule has 1 N–H and O–H groups in total. The number of ketones is 1. The highest BCUT2D eigenvalue weighted by atomic mass is 16.1. The van der Waals surface area contributed by atoms with Gasteiger partial charge in [0.05, 0.1) is 6.04 Å². The fraction of sp³-hybridized carbons (Fsp3) is 0.409. The van der Waals surface area contributed by atoms with Crippen LogP contribution < -0.4 is 5.32 Å². The van der Waals surface area contributed by atoms with Crippen molar-refractivity contribution in [1.29, 1.82) is 0 Å². The van der Waals surface area contributed by atoms with Gasteiger partial charge in [0.1, 0.15) is 0 Å². The van der Waals surface area contributed by atoms with Gasteiger partial charge in [-0.3, -0.25) is 10.1 Å². The molecule has 1 heterocycles. The van der Waals surface area contributed by atoms with Crippen molar-refractivity contribution in [3.63, 3.8) is 0 Å². The molecule has 1 fully saturated rings. The van der Waals surface area contributed by atoms with E-state index >= 15 is 0 Å². The van der Waals surface area contributed by atoms with E-state index in [4.69, 9.17) is 0 Å². The molecule has 0 bridgehead atoms. The van der Waals surface area contributed by atoms with E-state index in [-0.39, 0.29) is 12.1 Å². The van der Waals surface area contributed by atoms with Gasteiger partial charge in [0, 0.05) is 12.5 Å². The summed E-state index contributed by atoms with van der Waals surface area (Å²) >= 11 is 0. The molecule has 0 aliphatic carbocycles. The number of hydrogen-bond donors (Lipinski definition) is 1. The molecule has 2 nitrogen and oxygen atoms in total. The molecule has 0 saturated carbocycles. The minimum absolute atomic E-state index is 0.114. The van der Waals surface area contributed by atoms with Crippen molar-refractivity contribution in [2.24, 2.45) is 0 Å². The standard InChI is InChI=1S/C22H27NO/c1-12-7-14(3)20(15(4)8-12)18-11-19(24)22(23-18)21-16(5)9-13(2)10-17(21)6/h7-10,18,22-23H,11H2,1-6H3. The number of Topliss-reactive ketones (excluding diaryl/α,β-unsaturated/α-hetero) is 1. The van der Waals surface area contributed by atoms with Crippen molar-refractivity contribution in [1.82, 2.24) is 5.32 Å². The number of benzene rings is 2. The summed E-state index contributed by atoms with van der Waals surface area (Å²) in [5.74, 6) is 0.300. The largest absolute Gasteiger partial charge is 0.297 e. The van der Waals surface area contributed by atoms with Gasteiger partial charge in [-0.1, -0.05) is 35.4 Å². The zero-order valence-corrected chi connectivity index (χ0v) is 15.6. The monoisotopic (exact) mass is 321 g/mol. The molecule has 1 saturated heterocycles. The molecule has 24 heavy (non-hydrogen) atoms. The van der Waals surface area contributed by atoms with Gasteiger partial charge in [0.25, 0.3) is 0 Å². The minimum atomic E-state index is -0.185. The summed E-state index contributed by atoms with van der Waals surface area (Å²) in [6.45, 7) is 12.8. The predicted molar refractivity (Wildman–Crippen MR) is 99.5 cm³/mol. The van der Waals surface area contributed by atoms with Gasteiger partial charge in [-0.25, -0.2) is 0 Å². The van der Waals surface area contributed by atoms with E-state index in [9.17, 15) is 4.79 Å². The summed E-state index contributed by atoms with van der Waals surface area (Å²) in [6.07, 6.45) is 0.572. The third-order valence-corrected chi connectivity index (χ3v) is 5.21. The van der Waals surface area contributed by atoms with Gasteiger partial charge < -0.3 is 0 Å². The maximum absolute atomic E-state index is 12.8. The number of carbonyl (C=O) groups excluding carboxylic acids is 1. The van der Waals surface area contributed by atoms with Crippen LogP contribution >= 0.6 is 0 Å². The van der Waals surface area contributed by atoms with Crippen molar-refractivity contribution in [3.05, 3.63) is 68.8 Å². The molecule has 1 aliphatic rings. The maximum Gasteiger partial charge on any atom is 0.156 e. The SMILES string of the molecule is Cc1cc(C)c(C2CC(=O)C(c3c(C)cc(C)cc3C)N2)c(C)c1. The second kappa shape index (κ2) is 6.18. The van der Waals surface area contributed by atoms with Crippen LogP contribution in [0, 0.1) is 41.5 Å². The lowest BCUT2D eigenvalue weighted by molar-refractivity contribution is -0.118. The molecule has 3 rings (SSSR count). The normalized spacial score (nSPS) is 20.7. The molecule has 1 aliphatic heterocycles. The van der Waals surface area contributed by atoms with E-state index in [1.54, 1.807) is 0 Å². The topological polar surface area (TPSA) is 29.1 Å². The summed E-state index contributed by atoms with van der Waals surface area (Å²) in [7, 11) is 0. The van der Waals surface area contributed by atoms with E-state index < -0.39 is 0 Å². The highest BCUT2D eigenvalue weighted by Crippen LogP contribution is 2.37. The van der Waals surface area contributed by atoms with Crippen molar-refractivity contribution < 1.29 is 4.79 Å². The average Bonchev–Trinajstić information content (AvgIpc) is 2.78. The highest BCUT2D eigenvalue weighted by Gasteiger charge is 2.36. The molecule has 2 atom stereocenters. The molecule has 2 aromatic carbocycles. The highest BCUT2D eigenvalue weighted by molar-refractivity contribution is 5.89. The van der Waals surface area contributed by atoms with Crippen LogP contribution in [-0.2, 0) is 4.79 Å². The van der Waals surface area contributed by atoms with Gasteiger partial charge in [-0.2, -0.15) is 0 Å². The van der Waals surface area contributed by atoms with Crippen molar-refractivity contribution in [3.8, 4) is 0 Å². The molecule has 0 spiro atoms. The van der Waals surface area contributed by atoms with Crippen LogP contribution in [0.5, 0.6) is 0 Å². The first-order valence-electron chi connectivity index (χ1n) is 8.72. The molecule has 0 radical (unpaired) electrons. The summed E-state index contributed by atoms with van der Waals surface area (Å²) in [6, 6.07) is 8.70. The van der Waals surface area contributed by atoms with E-state index in [1.807, 2.05) is 0 Å². The van der Waals surface area contributed by atoms with Crippen LogP contribution in [0.4, 0.5) is 0 Å². The van der Waals surface area contributed by atoms with Crippen LogP contribution in [0.2, 0.25) is 0 Å². The Morgan fingerprint density at radius 1 is 0.750 bits per heavy atom. The van der Waals surface area contributed by atoms with Crippen molar-refractivity contribution in [2.45, 2.75) is 60.0 Å². The van der Waals surface area contributed by atoms with E-state index in [2.05, 4.69) is 71.1 Å².